The number of hydrogen-bond donors (Lipinski definition) is 1. The van der Waals surface area contributed by atoms with Crippen LogP contribution in [0, 0.1) is 13.8 Å². The third-order valence-corrected chi connectivity index (χ3v) is 5.61. The van der Waals surface area contributed by atoms with Gasteiger partial charge < -0.3 is 5.32 Å². The molecule has 0 aliphatic rings. The summed E-state index contributed by atoms with van der Waals surface area (Å²) in [6.45, 7) is 3.79. The third kappa shape index (κ3) is 3.06. The number of aromatic nitrogens is 1. The van der Waals surface area contributed by atoms with Gasteiger partial charge in [0.15, 0.2) is 0 Å². The van der Waals surface area contributed by atoms with Gasteiger partial charge in [0.2, 0.25) is 0 Å². The number of halogens is 1. The highest BCUT2D eigenvalue weighted by atomic mass is 35.5. The number of carbonyl (C=O) groups excluding carboxylic acids is 1. The Morgan fingerprint density at radius 3 is 2.82 bits per heavy atom. The predicted octanol–water partition coefficient (Wildman–Crippen LogP) is 5.39. The number of aryl methyl sites for hydroxylation is 2. The summed E-state index contributed by atoms with van der Waals surface area (Å²) in [7, 11) is 0. The molecule has 0 aliphatic heterocycles. The van der Waals surface area contributed by atoms with E-state index in [0.717, 1.165) is 26.8 Å². The Morgan fingerprint density at radius 1 is 1.27 bits per heavy atom. The van der Waals surface area contributed by atoms with Gasteiger partial charge in [-0.15, -0.1) is 22.7 Å². The first kappa shape index (κ1) is 15.2. The molecule has 0 saturated heterocycles. The molecule has 2 aromatic heterocycles. The number of amides is 1. The second kappa shape index (κ2) is 6.20. The fourth-order valence-electron chi connectivity index (χ4n) is 2.02. The zero-order chi connectivity index (χ0) is 15.7. The van der Waals surface area contributed by atoms with Gasteiger partial charge in [0.25, 0.3) is 5.91 Å². The summed E-state index contributed by atoms with van der Waals surface area (Å²) < 4.78 is 0. The van der Waals surface area contributed by atoms with Crippen LogP contribution in [0.3, 0.4) is 0 Å². The zero-order valence-corrected chi connectivity index (χ0v) is 14.4. The van der Waals surface area contributed by atoms with Crippen molar-refractivity contribution in [2.45, 2.75) is 13.8 Å². The topological polar surface area (TPSA) is 42.0 Å². The van der Waals surface area contributed by atoms with E-state index in [2.05, 4.69) is 10.3 Å². The molecule has 0 bridgehead atoms. The minimum atomic E-state index is -0.150. The molecule has 0 unspecified atom stereocenters. The maximum absolute atomic E-state index is 12.5. The minimum absolute atomic E-state index is 0.150. The summed E-state index contributed by atoms with van der Waals surface area (Å²) in [5.41, 5.74) is 2.44. The van der Waals surface area contributed by atoms with Crippen molar-refractivity contribution < 1.29 is 4.79 Å². The summed E-state index contributed by atoms with van der Waals surface area (Å²) >= 11 is 9.02. The van der Waals surface area contributed by atoms with Gasteiger partial charge >= 0.3 is 0 Å². The maximum atomic E-state index is 12.5. The molecule has 0 radical (unpaired) electrons. The first-order chi connectivity index (χ1) is 10.5. The number of hydrogen-bond acceptors (Lipinski definition) is 4. The smallest absolute Gasteiger partial charge is 0.267 e. The van der Waals surface area contributed by atoms with Gasteiger partial charge in [-0.25, -0.2) is 4.98 Å². The quantitative estimate of drug-likeness (QED) is 0.689. The monoisotopic (exact) mass is 348 g/mol. The Labute approximate surface area is 141 Å². The number of thiazole rings is 1. The SMILES string of the molecule is Cc1ccc(Cl)cc1NC(=O)c1sc(-c2cccs2)nc1C. The summed E-state index contributed by atoms with van der Waals surface area (Å²) in [5.74, 6) is -0.150. The number of benzene rings is 1. The van der Waals surface area contributed by atoms with Gasteiger partial charge in [-0.3, -0.25) is 4.79 Å². The average molecular weight is 349 g/mol. The number of anilines is 1. The molecule has 0 saturated carbocycles. The fraction of sp³-hybridized carbons (Fsp3) is 0.125. The van der Waals surface area contributed by atoms with Crippen LogP contribution in [-0.2, 0) is 0 Å². The van der Waals surface area contributed by atoms with Crippen molar-refractivity contribution in [3.63, 3.8) is 0 Å². The second-order valence-electron chi connectivity index (χ2n) is 4.82. The number of nitrogens with one attached hydrogen (secondary N) is 1. The lowest BCUT2D eigenvalue weighted by Gasteiger charge is -2.07. The van der Waals surface area contributed by atoms with Crippen molar-refractivity contribution in [3.8, 4) is 9.88 Å². The van der Waals surface area contributed by atoms with Gasteiger partial charge in [0, 0.05) is 10.7 Å². The molecule has 3 nitrogen and oxygen atoms in total. The van der Waals surface area contributed by atoms with E-state index in [4.69, 9.17) is 11.6 Å². The molecule has 1 N–H and O–H groups in total. The lowest BCUT2D eigenvalue weighted by molar-refractivity contribution is 0.102. The Balaban J connectivity index is 1.88. The second-order valence-corrected chi connectivity index (χ2v) is 7.21. The van der Waals surface area contributed by atoms with Gasteiger partial charge in [-0.2, -0.15) is 0 Å². The van der Waals surface area contributed by atoms with Crippen molar-refractivity contribution in [3.05, 3.63) is 56.9 Å². The van der Waals surface area contributed by atoms with Crippen molar-refractivity contribution in [1.82, 2.24) is 4.98 Å². The average Bonchev–Trinajstić information content (AvgIpc) is 3.11. The van der Waals surface area contributed by atoms with E-state index in [1.165, 1.54) is 11.3 Å². The molecule has 3 rings (SSSR count). The highest BCUT2D eigenvalue weighted by molar-refractivity contribution is 7.22. The first-order valence-electron chi connectivity index (χ1n) is 6.63. The number of thiophene rings is 1. The number of rotatable bonds is 3. The summed E-state index contributed by atoms with van der Waals surface area (Å²) in [5, 5.41) is 6.39. The largest absolute Gasteiger partial charge is 0.321 e. The van der Waals surface area contributed by atoms with E-state index in [-0.39, 0.29) is 5.91 Å². The Kier molecular flexibility index (Phi) is 4.29. The lowest BCUT2D eigenvalue weighted by atomic mass is 10.2. The van der Waals surface area contributed by atoms with Crippen molar-refractivity contribution in [1.29, 1.82) is 0 Å². The van der Waals surface area contributed by atoms with Crippen LogP contribution in [0.15, 0.2) is 35.7 Å². The number of nitrogens with zero attached hydrogens (tertiary/aromatic N) is 1. The van der Waals surface area contributed by atoms with Gasteiger partial charge in [-0.1, -0.05) is 23.7 Å². The van der Waals surface area contributed by atoms with Crippen molar-refractivity contribution in [2.75, 3.05) is 5.32 Å². The Morgan fingerprint density at radius 2 is 2.09 bits per heavy atom. The van der Waals surface area contributed by atoms with Gasteiger partial charge in [-0.05, 0) is 43.0 Å². The molecule has 6 heteroatoms. The van der Waals surface area contributed by atoms with E-state index in [9.17, 15) is 4.79 Å². The molecule has 3 aromatic rings. The highest BCUT2D eigenvalue weighted by Gasteiger charge is 2.17. The Hall–Kier alpha value is -1.69. The van der Waals surface area contributed by atoms with E-state index in [0.29, 0.717) is 9.90 Å². The van der Waals surface area contributed by atoms with E-state index in [1.807, 2.05) is 37.4 Å². The fourth-order valence-corrected chi connectivity index (χ4v) is 3.95. The first-order valence-corrected chi connectivity index (χ1v) is 8.71. The van der Waals surface area contributed by atoms with E-state index < -0.39 is 0 Å². The lowest BCUT2D eigenvalue weighted by Crippen LogP contribution is -2.12. The summed E-state index contributed by atoms with van der Waals surface area (Å²) in [4.78, 5) is 18.7. The van der Waals surface area contributed by atoms with Crippen LogP contribution in [0.5, 0.6) is 0 Å². The van der Waals surface area contributed by atoms with Gasteiger partial charge in [0.05, 0.1) is 10.6 Å². The number of carbonyl (C=O) groups is 1. The van der Waals surface area contributed by atoms with Crippen LogP contribution in [0.4, 0.5) is 5.69 Å². The molecular weight excluding hydrogens is 336 g/mol. The molecule has 0 fully saturated rings. The highest BCUT2D eigenvalue weighted by Crippen LogP contribution is 2.31. The van der Waals surface area contributed by atoms with E-state index in [1.54, 1.807) is 23.5 Å². The van der Waals surface area contributed by atoms with Crippen LogP contribution in [0.1, 0.15) is 20.9 Å². The maximum Gasteiger partial charge on any atom is 0.267 e. The van der Waals surface area contributed by atoms with Crippen LogP contribution < -0.4 is 5.32 Å². The zero-order valence-electron chi connectivity index (χ0n) is 12.0. The molecule has 112 valence electrons. The minimum Gasteiger partial charge on any atom is -0.321 e. The Bertz CT molecular complexity index is 825. The van der Waals surface area contributed by atoms with Gasteiger partial charge in [0.1, 0.15) is 9.88 Å². The summed E-state index contributed by atoms with van der Waals surface area (Å²) in [6.07, 6.45) is 0. The molecule has 1 aromatic carbocycles. The van der Waals surface area contributed by atoms with Crippen LogP contribution in [0.25, 0.3) is 9.88 Å². The molecule has 22 heavy (non-hydrogen) atoms. The van der Waals surface area contributed by atoms with Crippen LogP contribution >= 0.6 is 34.3 Å². The summed E-state index contributed by atoms with van der Waals surface area (Å²) in [6, 6.07) is 9.43. The third-order valence-electron chi connectivity index (χ3n) is 3.18. The predicted molar refractivity (Wildman–Crippen MR) is 94.3 cm³/mol. The molecular formula is C16H13ClN2OS2. The van der Waals surface area contributed by atoms with Crippen LogP contribution in [-0.4, -0.2) is 10.9 Å². The van der Waals surface area contributed by atoms with Crippen molar-refractivity contribution >= 4 is 45.9 Å². The molecule has 1 amide bonds. The van der Waals surface area contributed by atoms with E-state index >= 15 is 0 Å². The molecule has 0 spiro atoms. The standard InChI is InChI=1S/C16H13ClN2OS2/c1-9-5-6-11(17)8-12(9)19-15(20)14-10(2)18-16(22-14)13-4-3-7-21-13/h3-8H,1-2H3,(H,19,20). The van der Waals surface area contributed by atoms with Crippen LogP contribution in [0.2, 0.25) is 5.02 Å². The molecule has 0 atom stereocenters. The molecule has 2 heterocycles. The van der Waals surface area contributed by atoms with Crippen molar-refractivity contribution in [2.24, 2.45) is 0 Å². The normalized spacial score (nSPS) is 10.7. The molecule has 0 aliphatic carbocycles.